The van der Waals surface area contributed by atoms with E-state index in [-0.39, 0.29) is 0 Å². The summed E-state index contributed by atoms with van der Waals surface area (Å²) in [5.41, 5.74) is -3.57. The van der Waals surface area contributed by atoms with E-state index in [1.165, 1.54) is 0 Å². The molecule has 2 rings (SSSR count). The normalized spacial score (nSPS) is 40.5. The van der Waals surface area contributed by atoms with E-state index in [2.05, 4.69) is 24.3 Å². The largest absolute Gasteiger partial charge is 0.196 e. The van der Waals surface area contributed by atoms with Gasteiger partial charge in [0, 0.05) is 10.8 Å². The lowest BCUT2D eigenvalue weighted by Gasteiger charge is -2.44. The van der Waals surface area contributed by atoms with Crippen LogP contribution in [0.4, 0.5) is 0 Å². The van der Waals surface area contributed by atoms with E-state index in [4.69, 9.17) is 0 Å². The maximum Gasteiger partial charge on any atom is 0.185 e. The van der Waals surface area contributed by atoms with Gasteiger partial charge in [0.2, 0.25) is 0 Å². The number of fused-ring (bicyclic) bond motifs is 2. The van der Waals surface area contributed by atoms with Gasteiger partial charge in [-0.15, -0.1) is 0 Å². The zero-order valence-electron chi connectivity index (χ0n) is 14.0. The quantitative estimate of drug-likeness (QED) is 0.686. The molecule has 0 aromatic carbocycles. The average molecular weight is 292 g/mol. The van der Waals surface area contributed by atoms with Crippen molar-refractivity contribution in [3.8, 4) is 24.3 Å². The molecule has 0 aromatic heterocycles. The number of nitrogens with zero attached hydrogens (tertiary/aromatic N) is 4. The van der Waals surface area contributed by atoms with Crippen LogP contribution in [-0.2, 0) is 0 Å². The third-order valence-corrected chi connectivity index (χ3v) is 7.71. The van der Waals surface area contributed by atoms with Crippen molar-refractivity contribution in [2.24, 2.45) is 27.1 Å². The van der Waals surface area contributed by atoms with Crippen LogP contribution in [0.3, 0.4) is 0 Å². The second-order valence-electron chi connectivity index (χ2n) is 7.13. The molecule has 112 valence electrons. The molecule has 1 unspecified atom stereocenters. The Morgan fingerprint density at radius 1 is 0.727 bits per heavy atom. The van der Waals surface area contributed by atoms with E-state index in [0.717, 1.165) is 11.1 Å². The van der Waals surface area contributed by atoms with Gasteiger partial charge < -0.3 is 0 Å². The lowest BCUT2D eigenvalue weighted by atomic mass is 9.49. The maximum absolute atomic E-state index is 9.95. The standard InChI is InChI=1S/C18H20N4/c1-7-14(4)15(5)12(2)13(3)16(14,6)18(10-21,11-22)17(15,8-19)9-20/h7H2,1-6H3/t14?,15-,16+. The van der Waals surface area contributed by atoms with E-state index < -0.39 is 27.1 Å². The monoisotopic (exact) mass is 292 g/mol. The van der Waals surface area contributed by atoms with Crippen molar-refractivity contribution >= 4 is 0 Å². The van der Waals surface area contributed by atoms with Gasteiger partial charge in [0.1, 0.15) is 0 Å². The molecule has 2 bridgehead atoms. The highest BCUT2D eigenvalue weighted by molar-refractivity contribution is 5.61. The average Bonchev–Trinajstić information content (AvgIpc) is 2.73. The molecule has 22 heavy (non-hydrogen) atoms. The van der Waals surface area contributed by atoms with Crippen molar-refractivity contribution in [1.82, 2.24) is 0 Å². The Morgan fingerprint density at radius 3 is 1.18 bits per heavy atom. The molecule has 0 saturated heterocycles. The van der Waals surface area contributed by atoms with E-state index in [1.807, 2.05) is 41.5 Å². The van der Waals surface area contributed by atoms with Gasteiger partial charge >= 0.3 is 0 Å². The van der Waals surface area contributed by atoms with E-state index in [9.17, 15) is 21.0 Å². The van der Waals surface area contributed by atoms with Crippen molar-refractivity contribution < 1.29 is 0 Å². The first-order valence-electron chi connectivity index (χ1n) is 7.46. The zero-order valence-corrected chi connectivity index (χ0v) is 14.0. The molecule has 4 heteroatoms. The third-order valence-electron chi connectivity index (χ3n) is 7.71. The van der Waals surface area contributed by atoms with Crippen LogP contribution in [0.1, 0.15) is 48.0 Å². The molecule has 3 atom stereocenters. The molecule has 0 spiro atoms. The molecular weight excluding hydrogens is 272 g/mol. The Labute approximate surface area is 132 Å². The minimum atomic E-state index is -1.67. The van der Waals surface area contributed by atoms with Gasteiger partial charge in [-0.1, -0.05) is 38.8 Å². The van der Waals surface area contributed by atoms with Crippen LogP contribution in [0, 0.1) is 72.4 Å². The summed E-state index contributed by atoms with van der Waals surface area (Å²) in [6, 6.07) is 8.47. The highest BCUT2D eigenvalue weighted by atomic mass is 14.9. The summed E-state index contributed by atoms with van der Waals surface area (Å²) >= 11 is 0. The highest BCUT2D eigenvalue weighted by Gasteiger charge is 2.89. The second-order valence-corrected chi connectivity index (χ2v) is 7.13. The molecule has 0 aliphatic heterocycles. The predicted octanol–water partition coefficient (Wildman–Crippen LogP) is 3.85. The van der Waals surface area contributed by atoms with Crippen LogP contribution in [0.15, 0.2) is 11.1 Å². The summed E-state index contributed by atoms with van der Waals surface area (Å²) in [7, 11) is 0. The summed E-state index contributed by atoms with van der Waals surface area (Å²) in [6.07, 6.45) is 0.685. The molecule has 0 amide bonds. The first kappa shape index (κ1) is 16.1. The lowest BCUT2D eigenvalue weighted by Crippen LogP contribution is -2.51. The topological polar surface area (TPSA) is 95.2 Å². The fraction of sp³-hybridized carbons (Fsp3) is 0.667. The zero-order chi connectivity index (χ0) is 17.2. The van der Waals surface area contributed by atoms with E-state index in [1.54, 1.807) is 0 Å². The van der Waals surface area contributed by atoms with Crippen LogP contribution < -0.4 is 0 Å². The molecule has 1 saturated carbocycles. The number of hydrogen-bond acceptors (Lipinski definition) is 4. The van der Waals surface area contributed by atoms with Gasteiger partial charge in [-0.05, 0) is 25.7 Å². The van der Waals surface area contributed by atoms with Crippen molar-refractivity contribution in [3.05, 3.63) is 11.1 Å². The minimum absolute atomic E-state index is 0.509. The summed E-state index contributed by atoms with van der Waals surface area (Å²) in [6.45, 7) is 11.7. The lowest BCUT2D eigenvalue weighted by molar-refractivity contribution is 0.0555. The number of nitriles is 4. The SMILES string of the molecule is CCC1(C)[C@@]2(C)C(C)=C(C)[C@]1(C)C(C#N)(C#N)C2(C#N)C#N. The predicted molar refractivity (Wildman–Crippen MR) is 80.3 cm³/mol. The molecule has 0 radical (unpaired) electrons. The van der Waals surface area contributed by atoms with Crippen LogP contribution in [0.25, 0.3) is 0 Å². The molecule has 0 aromatic rings. The molecule has 0 N–H and O–H groups in total. The van der Waals surface area contributed by atoms with Crippen LogP contribution >= 0.6 is 0 Å². The maximum atomic E-state index is 9.95. The van der Waals surface area contributed by atoms with Gasteiger partial charge in [-0.2, -0.15) is 21.0 Å². The molecule has 4 nitrogen and oxygen atoms in total. The minimum Gasteiger partial charge on any atom is -0.196 e. The van der Waals surface area contributed by atoms with Crippen molar-refractivity contribution in [3.63, 3.8) is 0 Å². The van der Waals surface area contributed by atoms with Crippen LogP contribution in [-0.4, -0.2) is 0 Å². The Morgan fingerprint density at radius 2 is 1.00 bits per heavy atom. The van der Waals surface area contributed by atoms with Crippen molar-refractivity contribution in [1.29, 1.82) is 21.0 Å². The van der Waals surface area contributed by atoms with Gasteiger partial charge in [0.05, 0.1) is 24.3 Å². The van der Waals surface area contributed by atoms with Gasteiger partial charge in [-0.25, -0.2) is 0 Å². The first-order valence-corrected chi connectivity index (χ1v) is 7.46. The summed E-state index contributed by atoms with van der Waals surface area (Å²) in [4.78, 5) is 0. The Bertz CT molecular complexity index is 673. The van der Waals surface area contributed by atoms with Gasteiger partial charge in [-0.3, -0.25) is 0 Å². The van der Waals surface area contributed by atoms with Crippen LogP contribution in [0.5, 0.6) is 0 Å². The number of rotatable bonds is 1. The molecule has 0 heterocycles. The molecule has 2 aliphatic carbocycles. The third kappa shape index (κ3) is 0.909. The van der Waals surface area contributed by atoms with E-state index in [0.29, 0.717) is 6.42 Å². The van der Waals surface area contributed by atoms with Gasteiger partial charge in [0.15, 0.2) is 10.8 Å². The fourth-order valence-electron chi connectivity index (χ4n) is 5.76. The fourth-order valence-corrected chi connectivity index (χ4v) is 5.76. The summed E-state index contributed by atoms with van der Waals surface area (Å²) < 4.78 is 0. The number of hydrogen-bond donors (Lipinski definition) is 0. The van der Waals surface area contributed by atoms with E-state index >= 15 is 0 Å². The molecule has 2 aliphatic rings. The highest BCUT2D eigenvalue weighted by Crippen LogP contribution is 2.86. The Kier molecular flexibility index (Phi) is 2.86. The summed E-state index contributed by atoms with van der Waals surface area (Å²) in [5.74, 6) is 0. The van der Waals surface area contributed by atoms with Crippen molar-refractivity contribution in [2.45, 2.75) is 48.0 Å². The Balaban J connectivity index is 3.21. The molecular formula is C18H20N4. The Hall–Kier alpha value is -2.30. The van der Waals surface area contributed by atoms with Crippen molar-refractivity contribution in [2.75, 3.05) is 0 Å². The van der Waals surface area contributed by atoms with Gasteiger partial charge in [0.25, 0.3) is 0 Å². The van der Waals surface area contributed by atoms with Crippen LogP contribution in [0.2, 0.25) is 0 Å². The first-order chi connectivity index (χ1) is 10.1. The summed E-state index contributed by atoms with van der Waals surface area (Å²) in [5, 5.41) is 39.8. The second kappa shape index (κ2) is 3.91. The number of allylic oxidation sites excluding steroid dienone is 2. The molecule has 1 fully saturated rings. The smallest absolute Gasteiger partial charge is 0.185 e.